The van der Waals surface area contributed by atoms with Gasteiger partial charge in [0.1, 0.15) is 0 Å². The Morgan fingerprint density at radius 3 is 3.00 bits per heavy atom. The topological polar surface area (TPSA) is 38.7 Å². The molecule has 0 aliphatic heterocycles. The smallest absolute Gasteiger partial charge is 0.240 e. The second-order valence-electron chi connectivity index (χ2n) is 3.63. The van der Waals surface area contributed by atoms with Gasteiger partial charge in [0, 0.05) is 6.61 Å². The predicted octanol–water partition coefficient (Wildman–Crippen LogP) is 3.36. The Bertz CT molecular complexity index is 357. The molecule has 0 N–H and O–H groups in total. The van der Waals surface area contributed by atoms with E-state index in [4.69, 9.17) is 4.74 Å². The van der Waals surface area contributed by atoms with Gasteiger partial charge in [-0.2, -0.15) is 4.99 Å². The van der Waals surface area contributed by atoms with E-state index in [1.807, 2.05) is 18.2 Å². The fourth-order valence-electron chi connectivity index (χ4n) is 1.41. The van der Waals surface area contributed by atoms with Gasteiger partial charge in [-0.1, -0.05) is 31.9 Å². The summed E-state index contributed by atoms with van der Waals surface area (Å²) >= 11 is 0. The Morgan fingerprint density at radius 2 is 2.25 bits per heavy atom. The number of nitrogens with zero attached hydrogens (tertiary/aromatic N) is 1. The normalized spacial score (nSPS) is 9.81. The molecule has 3 heteroatoms. The Hall–Kier alpha value is -1.44. The van der Waals surface area contributed by atoms with Crippen LogP contribution in [0, 0.1) is 0 Å². The highest BCUT2D eigenvalue weighted by Crippen LogP contribution is 2.14. The first kappa shape index (κ1) is 12.6. The van der Waals surface area contributed by atoms with Crippen LogP contribution in [0.25, 0.3) is 0 Å². The zero-order chi connectivity index (χ0) is 11.6. The highest BCUT2D eigenvalue weighted by atomic mass is 16.5. The van der Waals surface area contributed by atoms with Crippen LogP contribution < -0.4 is 0 Å². The summed E-state index contributed by atoms with van der Waals surface area (Å²) in [4.78, 5) is 13.7. The summed E-state index contributed by atoms with van der Waals surface area (Å²) in [6.07, 6.45) is 5.03. The van der Waals surface area contributed by atoms with Crippen molar-refractivity contribution in [2.75, 3.05) is 6.61 Å². The Labute approximate surface area is 96.2 Å². The molecular weight excluding hydrogens is 202 g/mol. The lowest BCUT2D eigenvalue weighted by atomic mass is 10.2. The van der Waals surface area contributed by atoms with Gasteiger partial charge in [0.25, 0.3) is 0 Å². The molecule has 1 aromatic carbocycles. The molecule has 0 amide bonds. The van der Waals surface area contributed by atoms with Crippen LogP contribution in [0.2, 0.25) is 0 Å². The van der Waals surface area contributed by atoms with E-state index in [1.54, 1.807) is 6.07 Å². The summed E-state index contributed by atoms with van der Waals surface area (Å²) in [5.74, 6) is 0. The molecule has 0 aliphatic rings. The zero-order valence-electron chi connectivity index (χ0n) is 9.61. The quantitative estimate of drug-likeness (QED) is 0.400. The molecular formula is C13H17NO2. The van der Waals surface area contributed by atoms with E-state index in [1.165, 1.54) is 18.9 Å². The minimum Gasteiger partial charge on any atom is -0.377 e. The van der Waals surface area contributed by atoms with Gasteiger partial charge in [0.05, 0.1) is 12.3 Å². The number of benzene rings is 1. The number of ether oxygens (including phenoxy) is 1. The molecule has 0 aliphatic carbocycles. The molecule has 0 atom stereocenters. The molecule has 0 saturated carbocycles. The van der Waals surface area contributed by atoms with Crippen molar-refractivity contribution in [3.8, 4) is 0 Å². The fourth-order valence-corrected chi connectivity index (χ4v) is 1.41. The van der Waals surface area contributed by atoms with E-state index in [9.17, 15) is 4.79 Å². The Kier molecular flexibility index (Phi) is 6.16. The second kappa shape index (κ2) is 7.80. The van der Waals surface area contributed by atoms with Crippen LogP contribution in [0.4, 0.5) is 5.69 Å². The third kappa shape index (κ3) is 4.87. The Balaban J connectivity index is 2.36. The van der Waals surface area contributed by atoms with Crippen molar-refractivity contribution in [1.82, 2.24) is 0 Å². The molecule has 86 valence electrons. The van der Waals surface area contributed by atoms with Crippen LogP contribution in [0.3, 0.4) is 0 Å². The van der Waals surface area contributed by atoms with Crippen LogP contribution >= 0.6 is 0 Å². The number of aliphatic imine (C=N–C) groups is 1. The number of carbonyl (C=O) groups excluding carboxylic acids is 1. The summed E-state index contributed by atoms with van der Waals surface area (Å²) < 4.78 is 5.51. The maximum atomic E-state index is 10.1. The minimum absolute atomic E-state index is 0.575. The maximum Gasteiger partial charge on any atom is 0.240 e. The molecule has 0 bridgehead atoms. The Morgan fingerprint density at radius 1 is 1.38 bits per heavy atom. The first-order valence-corrected chi connectivity index (χ1v) is 5.61. The maximum absolute atomic E-state index is 10.1. The first-order chi connectivity index (χ1) is 7.86. The molecule has 0 unspecified atom stereocenters. The van der Waals surface area contributed by atoms with Gasteiger partial charge in [0.15, 0.2) is 0 Å². The lowest BCUT2D eigenvalue weighted by molar-refractivity contribution is 0.117. The molecule has 0 radical (unpaired) electrons. The highest BCUT2D eigenvalue weighted by Gasteiger charge is 1.95. The molecule has 0 saturated heterocycles. The SMILES string of the molecule is CCCCCOCc1cccc(N=C=O)c1. The van der Waals surface area contributed by atoms with Gasteiger partial charge in [-0.15, -0.1) is 0 Å². The van der Waals surface area contributed by atoms with Crippen molar-refractivity contribution >= 4 is 11.8 Å². The lowest BCUT2D eigenvalue weighted by Gasteiger charge is -2.04. The molecule has 0 heterocycles. The average Bonchev–Trinajstić information content (AvgIpc) is 2.30. The molecule has 1 aromatic rings. The van der Waals surface area contributed by atoms with Crippen LogP contribution in [0.1, 0.15) is 31.7 Å². The van der Waals surface area contributed by atoms with Crippen LogP contribution in [-0.2, 0) is 16.1 Å². The summed E-state index contributed by atoms with van der Waals surface area (Å²) in [5, 5.41) is 0. The van der Waals surface area contributed by atoms with Crippen molar-refractivity contribution in [1.29, 1.82) is 0 Å². The van der Waals surface area contributed by atoms with E-state index < -0.39 is 0 Å². The van der Waals surface area contributed by atoms with Crippen molar-refractivity contribution in [3.05, 3.63) is 29.8 Å². The lowest BCUT2D eigenvalue weighted by Crippen LogP contribution is -1.95. The van der Waals surface area contributed by atoms with Crippen molar-refractivity contribution < 1.29 is 9.53 Å². The third-order valence-corrected chi connectivity index (χ3v) is 2.25. The van der Waals surface area contributed by atoms with E-state index >= 15 is 0 Å². The fraction of sp³-hybridized carbons (Fsp3) is 0.462. The van der Waals surface area contributed by atoms with Gasteiger partial charge in [-0.3, -0.25) is 0 Å². The summed E-state index contributed by atoms with van der Waals surface area (Å²) in [5.41, 5.74) is 1.66. The summed E-state index contributed by atoms with van der Waals surface area (Å²) in [6.45, 7) is 3.53. The molecule has 0 fully saturated rings. The first-order valence-electron chi connectivity index (χ1n) is 5.61. The number of hydrogen-bond donors (Lipinski definition) is 0. The molecule has 3 nitrogen and oxygen atoms in total. The third-order valence-electron chi connectivity index (χ3n) is 2.25. The van der Waals surface area contributed by atoms with Gasteiger partial charge in [-0.25, -0.2) is 4.79 Å². The van der Waals surface area contributed by atoms with Crippen molar-refractivity contribution in [2.24, 2.45) is 4.99 Å². The zero-order valence-corrected chi connectivity index (χ0v) is 9.61. The van der Waals surface area contributed by atoms with E-state index in [2.05, 4.69) is 11.9 Å². The van der Waals surface area contributed by atoms with Crippen molar-refractivity contribution in [3.63, 3.8) is 0 Å². The second-order valence-corrected chi connectivity index (χ2v) is 3.63. The van der Waals surface area contributed by atoms with E-state index in [-0.39, 0.29) is 0 Å². The minimum atomic E-state index is 0.575. The summed E-state index contributed by atoms with van der Waals surface area (Å²) in [6, 6.07) is 7.43. The van der Waals surface area contributed by atoms with Gasteiger partial charge in [-0.05, 0) is 24.1 Å². The number of isocyanates is 1. The number of unbranched alkanes of at least 4 members (excludes halogenated alkanes) is 2. The van der Waals surface area contributed by atoms with Crippen LogP contribution in [0.15, 0.2) is 29.3 Å². The molecule has 0 spiro atoms. The summed E-state index contributed by atoms with van der Waals surface area (Å²) in [7, 11) is 0. The van der Waals surface area contributed by atoms with Gasteiger partial charge >= 0.3 is 0 Å². The van der Waals surface area contributed by atoms with Gasteiger partial charge in [0.2, 0.25) is 6.08 Å². The van der Waals surface area contributed by atoms with Crippen LogP contribution in [-0.4, -0.2) is 12.7 Å². The average molecular weight is 219 g/mol. The van der Waals surface area contributed by atoms with E-state index in [0.717, 1.165) is 18.6 Å². The van der Waals surface area contributed by atoms with Gasteiger partial charge < -0.3 is 4.74 Å². The van der Waals surface area contributed by atoms with Crippen molar-refractivity contribution in [2.45, 2.75) is 32.8 Å². The van der Waals surface area contributed by atoms with E-state index in [0.29, 0.717) is 12.3 Å². The number of rotatable bonds is 7. The monoisotopic (exact) mass is 219 g/mol. The van der Waals surface area contributed by atoms with Crippen LogP contribution in [0.5, 0.6) is 0 Å². The predicted molar refractivity (Wildman–Crippen MR) is 63.4 cm³/mol. The largest absolute Gasteiger partial charge is 0.377 e. The highest BCUT2D eigenvalue weighted by molar-refractivity contribution is 5.49. The number of hydrogen-bond acceptors (Lipinski definition) is 3. The molecule has 1 rings (SSSR count). The molecule has 16 heavy (non-hydrogen) atoms. The standard InChI is InChI=1S/C13H17NO2/c1-2-3-4-8-16-10-12-6-5-7-13(9-12)14-11-15/h5-7,9H,2-4,8,10H2,1H3. The molecule has 0 aromatic heterocycles.